The molecule has 1 heterocycles. The lowest BCUT2D eigenvalue weighted by molar-refractivity contribution is -0.385. The van der Waals surface area contributed by atoms with Gasteiger partial charge in [0.25, 0.3) is 5.69 Å². The Hall–Kier alpha value is -0.980. The van der Waals surface area contributed by atoms with Gasteiger partial charge in [-0.25, -0.2) is 0 Å². The zero-order valence-corrected chi connectivity index (χ0v) is 12.2. The van der Waals surface area contributed by atoms with E-state index < -0.39 is 0 Å². The fraction of sp³-hybridized carbons (Fsp3) is 0.538. The number of nitro groups is 1. The number of aliphatic hydroxyl groups excluding tert-OH is 1. The van der Waals surface area contributed by atoms with Crippen molar-refractivity contribution >= 4 is 21.6 Å². The maximum absolute atomic E-state index is 10.9. The summed E-state index contributed by atoms with van der Waals surface area (Å²) in [5.74, 6) is 0. The molecule has 0 saturated carbocycles. The van der Waals surface area contributed by atoms with Crippen molar-refractivity contribution in [1.82, 2.24) is 4.90 Å². The van der Waals surface area contributed by atoms with Crippen LogP contribution in [0.5, 0.6) is 0 Å². The van der Waals surface area contributed by atoms with Crippen LogP contribution in [-0.4, -0.2) is 34.1 Å². The van der Waals surface area contributed by atoms with E-state index in [1.54, 1.807) is 12.1 Å². The number of aliphatic hydroxyl groups is 1. The first-order valence-corrected chi connectivity index (χ1v) is 7.19. The molecule has 1 unspecified atom stereocenters. The summed E-state index contributed by atoms with van der Waals surface area (Å²) in [5, 5.41) is 20.3. The van der Waals surface area contributed by atoms with Crippen molar-refractivity contribution in [2.75, 3.05) is 13.2 Å². The Morgan fingerprint density at radius 2 is 2.26 bits per heavy atom. The Balaban J connectivity index is 2.14. The SMILES string of the molecule is O=[N+]([O-])c1cc(CN2CCCCC2CO)ccc1Br. The van der Waals surface area contributed by atoms with Crippen molar-refractivity contribution in [1.29, 1.82) is 0 Å². The molecule has 5 nitrogen and oxygen atoms in total. The van der Waals surface area contributed by atoms with Crippen molar-refractivity contribution < 1.29 is 10.0 Å². The van der Waals surface area contributed by atoms with Gasteiger partial charge in [-0.1, -0.05) is 12.5 Å². The van der Waals surface area contributed by atoms with Crippen LogP contribution in [0, 0.1) is 10.1 Å². The van der Waals surface area contributed by atoms with Gasteiger partial charge in [0.1, 0.15) is 0 Å². The topological polar surface area (TPSA) is 66.6 Å². The van der Waals surface area contributed by atoms with Crippen molar-refractivity contribution in [3.05, 3.63) is 38.3 Å². The van der Waals surface area contributed by atoms with Gasteiger partial charge in [-0.3, -0.25) is 15.0 Å². The number of nitrogens with zero attached hydrogens (tertiary/aromatic N) is 2. The van der Waals surface area contributed by atoms with Crippen LogP contribution in [-0.2, 0) is 6.54 Å². The summed E-state index contributed by atoms with van der Waals surface area (Å²) in [6, 6.07) is 5.38. The average Bonchev–Trinajstić information content (AvgIpc) is 2.41. The molecule has 1 saturated heterocycles. The third-order valence-electron chi connectivity index (χ3n) is 3.55. The molecule has 0 aliphatic carbocycles. The van der Waals surface area contributed by atoms with Crippen LogP contribution >= 0.6 is 15.9 Å². The summed E-state index contributed by atoms with van der Waals surface area (Å²) < 4.78 is 0.499. The third kappa shape index (κ3) is 3.52. The van der Waals surface area contributed by atoms with E-state index in [1.807, 2.05) is 6.07 Å². The van der Waals surface area contributed by atoms with Gasteiger partial charge in [-0.2, -0.15) is 0 Å². The molecular weight excluding hydrogens is 312 g/mol. The van der Waals surface area contributed by atoms with E-state index in [-0.39, 0.29) is 23.3 Å². The van der Waals surface area contributed by atoms with Gasteiger partial charge in [0.2, 0.25) is 0 Å². The minimum atomic E-state index is -0.382. The van der Waals surface area contributed by atoms with E-state index in [1.165, 1.54) is 0 Å². The monoisotopic (exact) mass is 328 g/mol. The maximum atomic E-state index is 10.9. The van der Waals surface area contributed by atoms with Crippen molar-refractivity contribution in [2.24, 2.45) is 0 Å². The number of likely N-dealkylation sites (tertiary alicyclic amines) is 1. The third-order valence-corrected chi connectivity index (χ3v) is 4.22. The van der Waals surface area contributed by atoms with E-state index in [0.717, 1.165) is 31.4 Å². The highest BCUT2D eigenvalue weighted by Gasteiger charge is 2.22. The number of rotatable bonds is 4. The van der Waals surface area contributed by atoms with Gasteiger partial charge in [0.05, 0.1) is 16.0 Å². The summed E-state index contributed by atoms with van der Waals surface area (Å²) in [6.45, 7) is 1.74. The number of benzene rings is 1. The Morgan fingerprint density at radius 3 is 2.95 bits per heavy atom. The molecule has 0 radical (unpaired) electrons. The first kappa shape index (κ1) is 14.4. The van der Waals surface area contributed by atoms with E-state index in [0.29, 0.717) is 11.0 Å². The molecule has 1 aliphatic rings. The zero-order valence-electron chi connectivity index (χ0n) is 10.6. The summed E-state index contributed by atoms with van der Waals surface area (Å²) in [7, 11) is 0. The molecule has 2 rings (SSSR count). The van der Waals surface area contributed by atoms with Crippen LogP contribution in [0.3, 0.4) is 0 Å². The quantitative estimate of drug-likeness (QED) is 0.681. The Bertz CT molecular complexity index is 467. The van der Waals surface area contributed by atoms with Crippen molar-refractivity contribution in [3.63, 3.8) is 0 Å². The fourth-order valence-corrected chi connectivity index (χ4v) is 2.90. The largest absolute Gasteiger partial charge is 0.395 e. The predicted molar refractivity (Wildman–Crippen MR) is 75.9 cm³/mol. The molecule has 1 atom stereocenters. The first-order valence-electron chi connectivity index (χ1n) is 6.39. The van der Waals surface area contributed by atoms with Crippen LogP contribution in [0.15, 0.2) is 22.7 Å². The lowest BCUT2D eigenvalue weighted by atomic mass is 10.0. The molecule has 0 spiro atoms. The van der Waals surface area contributed by atoms with Crippen molar-refractivity contribution in [2.45, 2.75) is 31.8 Å². The molecule has 0 amide bonds. The number of hydrogen-bond donors (Lipinski definition) is 1. The lowest BCUT2D eigenvalue weighted by Gasteiger charge is -2.34. The minimum absolute atomic E-state index is 0.0926. The molecule has 1 N–H and O–H groups in total. The molecule has 0 bridgehead atoms. The van der Waals surface area contributed by atoms with E-state index in [4.69, 9.17) is 0 Å². The van der Waals surface area contributed by atoms with Gasteiger partial charge in [0.15, 0.2) is 0 Å². The lowest BCUT2D eigenvalue weighted by Crippen LogP contribution is -2.41. The van der Waals surface area contributed by atoms with Crippen LogP contribution in [0.2, 0.25) is 0 Å². The molecule has 1 fully saturated rings. The maximum Gasteiger partial charge on any atom is 0.283 e. The van der Waals surface area contributed by atoms with Gasteiger partial charge in [0, 0.05) is 18.7 Å². The molecule has 1 aromatic rings. The normalized spacial score (nSPS) is 20.4. The van der Waals surface area contributed by atoms with Gasteiger partial charge >= 0.3 is 0 Å². The molecule has 104 valence electrons. The second-order valence-electron chi connectivity index (χ2n) is 4.85. The zero-order chi connectivity index (χ0) is 13.8. The van der Waals surface area contributed by atoms with E-state index in [9.17, 15) is 15.2 Å². The predicted octanol–water partition coefficient (Wildman–Crippen LogP) is 2.70. The average molecular weight is 329 g/mol. The Labute approximate surface area is 120 Å². The smallest absolute Gasteiger partial charge is 0.283 e. The first-order chi connectivity index (χ1) is 9.11. The standard InChI is InChI=1S/C13H17BrN2O3/c14-12-5-4-10(7-13(12)16(18)19)8-15-6-2-1-3-11(15)9-17/h4-5,7,11,17H,1-3,6,8-9H2. The van der Waals surface area contributed by atoms with Crippen molar-refractivity contribution in [3.8, 4) is 0 Å². The molecule has 1 aromatic carbocycles. The molecule has 1 aliphatic heterocycles. The summed E-state index contributed by atoms with van der Waals surface area (Å²) in [5.41, 5.74) is 1.00. The second kappa shape index (κ2) is 6.45. The number of halogens is 1. The van der Waals surface area contributed by atoms with Crippen LogP contribution in [0.1, 0.15) is 24.8 Å². The number of hydrogen-bond acceptors (Lipinski definition) is 4. The molecular formula is C13H17BrN2O3. The van der Waals surface area contributed by atoms with Gasteiger partial charge in [-0.15, -0.1) is 0 Å². The molecule has 0 aromatic heterocycles. The van der Waals surface area contributed by atoms with Crippen LogP contribution in [0.25, 0.3) is 0 Å². The molecule has 6 heteroatoms. The summed E-state index contributed by atoms with van der Waals surface area (Å²) in [4.78, 5) is 12.7. The second-order valence-corrected chi connectivity index (χ2v) is 5.70. The van der Waals surface area contributed by atoms with Crippen LogP contribution < -0.4 is 0 Å². The van der Waals surface area contributed by atoms with Crippen LogP contribution in [0.4, 0.5) is 5.69 Å². The number of nitro benzene ring substituents is 1. The summed E-state index contributed by atoms with van der Waals surface area (Å²) in [6.07, 6.45) is 3.26. The highest BCUT2D eigenvalue weighted by atomic mass is 79.9. The van der Waals surface area contributed by atoms with E-state index >= 15 is 0 Å². The van der Waals surface area contributed by atoms with Gasteiger partial charge < -0.3 is 5.11 Å². The summed E-state index contributed by atoms with van der Waals surface area (Å²) >= 11 is 3.19. The molecule has 19 heavy (non-hydrogen) atoms. The fourth-order valence-electron chi connectivity index (χ4n) is 2.51. The number of piperidine rings is 1. The highest BCUT2D eigenvalue weighted by molar-refractivity contribution is 9.10. The minimum Gasteiger partial charge on any atom is -0.395 e. The Kier molecular flexibility index (Phi) is 4.90. The van der Waals surface area contributed by atoms with Gasteiger partial charge in [-0.05, 0) is 46.9 Å². The Morgan fingerprint density at radius 1 is 1.47 bits per heavy atom. The van der Waals surface area contributed by atoms with E-state index in [2.05, 4.69) is 20.8 Å². The highest BCUT2D eigenvalue weighted by Crippen LogP contribution is 2.27.